The first kappa shape index (κ1) is 15.1. The van der Waals surface area contributed by atoms with Gasteiger partial charge in [0, 0.05) is 36.8 Å². The van der Waals surface area contributed by atoms with Crippen molar-refractivity contribution >= 4 is 17.7 Å². The summed E-state index contributed by atoms with van der Waals surface area (Å²) in [5.74, 6) is 0.0763. The van der Waals surface area contributed by atoms with Crippen LogP contribution in [0.15, 0.2) is 52.4 Å². The van der Waals surface area contributed by atoms with Crippen LogP contribution >= 0.6 is 11.8 Å². The Hall–Kier alpha value is -1.85. The van der Waals surface area contributed by atoms with Crippen LogP contribution in [0.3, 0.4) is 0 Å². The van der Waals surface area contributed by atoms with Gasteiger partial charge >= 0.3 is 0 Å². The summed E-state index contributed by atoms with van der Waals surface area (Å²) in [6.45, 7) is 5.16. The van der Waals surface area contributed by atoms with Gasteiger partial charge in [-0.25, -0.2) is 4.98 Å². The van der Waals surface area contributed by atoms with E-state index in [1.54, 1.807) is 11.8 Å². The van der Waals surface area contributed by atoms with Gasteiger partial charge in [-0.2, -0.15) is 0 Å². The number of pyridine rings is 1. The van der Waals surface area contributed by atoms with Crippen LogP contribution in [0.2, 0.25) is 0 Å². The molecule has 3 rings (SSSR count). The van der Waals surface area contributed by atoms with Gasteiger partial charge in [0.05, 0.1) is 5.56 Å². The Bertz CT molecular complexity index is 654. The molecule has 1 aromatic carbocycles. The van der Waals surface area contributed by atoms with E-state index >= 15 is 0 Å². The zero-order chi connectivity index (χ0) is 15.4. The lowest BCUT2D eigenvalue weighted by Crippen LogP contribution is -2.46. The van der Waals surface area contributed by atoms with Gasteiger partial charge in [-0.15, -0.1) is 0 Å². The van der Waals surface area contributed by atoms with Crippen LogP contribution in [0.1, 0.15) is 16.1 Å². The van der Waals surface area contributed by atoms with E-state index in [1.165, 1.54) is 0 Å². The number of hydrogen-bond acceptors (Lipinski definition) is 4. The molecule has 22 heavy (non-hydrogen) atoms. The molecule has 0 bridgehead atoms. The number of carbonyl (C=O) groups is 1. The molecule has 5 heteroatoms. The van der Waals surface area contributed by atoms with Gasteiger partial charge < -0.3 is 10.2 Å². The van der Waals surface area contributed by atoms with Crippen molar-refractivity contribution in [2.24, 2.45) is 0 Å². The number of aromatic nitrogens is 1. The molecule has 2 aromatic rings. The van der Waals surface area contributed by atoms with E-state index in [2.05, 4.69) is 10.3 Å². The number of piperazine rings is 1. The van der Waals surface area contributed by atoms with E-state index < -0.39 is 0 Å². The molecule has 114 valence electrons. The lowest BCUT2D eigenvalue weighted by Gasteiger charge is -2.28. The number of rotatable bonds is 3. The maximum absolute atomic E-state index is 12.8. The first-order valence-electron chi connectivity index (χ1n) is 7.44. The third-order valence-corrected chi connectivity index (χ3v) is 4.60. The largest absolute Gasteiger partial charge is 0.336 e. The van der Waals surface area contributed by atoms with E-state index in [4.69, 9.17) is 0 Å². The van der Waals surface area contributed by atoms with E-state index in [9.17, 15) is 4.79 Å². The molecule has 0 atom stereocenters. The first-order chi connectivity index (χ1) is 10.7. The molecular formula is C17H19N3OS. The second-order valence-corrected chi connectivity index (χ2v) is 6.32. The Morgan fingerprint density at radius 1 is 1.14 bits per heavy atom. The van der Waals surface area contributed by atoms with E-state index in [1.807, 2.05) is 54.3 Å². The summed E-state index contributed by atoms with van der Waals surface area (Å²) < 4.78 is 0. The van der Waals surface area contributed by atoms with Crippen LogP contribution in [-0.2, 0) is 0 Å². The number of amides is 1. The summed E-state index contributed by atoms with van der Waals surface area (Å²) in [6.07, 6.45) is 0. The third-order valence-electron chi connectivity index (χ3n) is 3.59. The fourth-order valence-electron chi connectivity index (χ4n) is 2.41. The van der Waals surface area contributed by atoms with Crippen LogP contribution in [0, 0.1) is 6.92 Å². The highest BCUT2D eigenvalue weighted by Crippen LogP contribution is 2.29. The highest BCUT2D eigenvalue weighted by Gasteiger charge is 2.21. The molecule has 0 unspecified atom stereocenters. The van der Waals surface area contributed by atoms with E-state index in [-0.39, 0.29) is 5.91 Å². The second-order valence-electron chi connectivity index (χ2n) is 5.26. The molecule has 1 aromatic heterocycles. The summed E-state index contributed by atoms with van der Waals surface area (Å²) in [5.41, 5.74) is 1.62. The number of carbonyl (C=O) groups excluding carboxylic acids is 1. The second kappa shape index (κ2) is 6.94. The molecule has 1 amide bonds. The molecule has 0 aliphatic carbocycles. The van der Waals surface area contributed by atoms with Gasteiger partial charge in [0.25, 0.3) is 5.91 Å². The number of nitrogens with zero attached hydrogens (tertiary/aromatic N) is 2. The number of hydrogen-bond donors (Lipinski definition) is 1. The standard InChI is InChI=1S/C17H19N3OS/c1-13-7-8-15(17(21)20-11-9-18-10-12-20)16(19-13)22-14-5-3-2-4-6-14/h2-8,18H,9-12H2,1H3. The Morgan fingerprint density at radius 2 is 1.86 bits per heavy atom. The van der Waals surface area contributed by atoms with E-state index in [0.29, 0.717) is 5.56 Å². The predicted molar refractivity (Wildman–Crippen MR) is 88.3 cm³/mol. The van der Waals surface area contributed by atoms with Gasteiger partial charge in [-0.3, -0.25) is 4.79 Å². The Balaban J connectivity index is 1.88. The Labute approximate surface area is 134 Å². The van der Waals surface area contributed by atoms with Crippen molar-refractivity contribution in [2.75, 3.05) is 26.2 Å². The lowest BCUT2D eigenvalue weighted by molar-refractivity contribution is 0.0731. The molecule has 1 aliphatic rings. The lowest BCUT2D eigenvalue weighted by atomic mass is 10.2. The molecule has 1 fully saturated rings. The highest BCUT2D eigenvalue weighted by molar-refractivity contribution is 7.99. The monoisotopic (exact) mass is 313 g/mol. The van der Waals surface area contributed by atoms with Crippen LogP contribution in [0.25, 0.3) is 0 Å². The minimum absolute atomic E-state index is 0.0763. The SMILES string of the molecule is Cc1ccc(C(=O)N2CCNCC2)c(Sc2ccccc2)n1. The highest BCUT2D eigenvalue weighted by atomic mass is 32.2. The fraction of sp³-hybridized carbons (Fsp3) is 0.294. The molecule has 1 N–H and O–H groups in total. The van der Waals surface area contributed by atoms with Crippen molar-refractivity contribution < 1.29 is 4.79 Å². The Morgan fingerprint density at radius 3 is 2.59 bits per heavy atom. The van der Waals surface area contributed by atoms with Crippen molar-refractivity contribution in [3.8, 4) is 0 Å². The van der Waals surface area contributed by atoms with Gasteiger partial charge in [-0.05, 0) is 31.2 Å². The quantitative estimate of drug-likeness (QED) is 0.946. The normalized spacial score (nSPS) is 14.9. The summed E-state index contributed by atoms with van der Waals surface area (Å²) in [5, 5.41) is 4.06. The average molecular weight is 313 g/mol. The molecule has 4 nitrogen and oxygen atoms in total. The van der Waals surface area contributed by atoms with Crippen LogP contribution in [0.5, 0.6) is 0 Å². The van der Waals surface area contributed by atoms with Gasteiger partial charge in [0.2, 0.25) is 0 Å². The van der Waals surface area contributed by atoms with Crippen LogP contribution < -0.4 is 5.32 Å². The average Bonchev–Trinajstić information content (AvgIpc) is 2.56. The number of nitrogens with one attached hydrogen (secondary N) is 1. The minimum atomic E-state index is 0.0763. The molecule has 1 saturated heterocycles. The molecule has 0 radical (unpaired) electrons. The molecule has 2 heterocycles. The van der Waals surface area contributed by atoms with Crippen LogP contribution in [-0.4, -0.2) is 42.0 Å². The van der Waals surface area contributed by atoms with Crippen molar-refractivity contribution in [1.29, 1.82) is 0 Å². The van der Waals surface area contributed by atoms with Crippen molar-refractivity contribution in [3.05, 3.63) is 53.7 Å². The van der Waals surface area contributed by atoms with Crippen LogP contribution in [0.4, 0.5) is 0 Å². The number of benzene rings is 1. The summed E-state index contributed by atoms with van der Waals surface area (Å²) in [6, 6.07) is 13.9. The predicted octanol–water partition coefficient (Wildman–Crippen LogP) is 2.59. The summed E-state index contributed by atoms with van der Waals surface area (Å²) in [7, 11) is 0. The van der Waals surface area contributed by atoms with E-state index in [0.717, 1.165) is 41.8 Å². The minimum Gasteiger partial charge on any atom is -0.336 e. The van der Waals surface area contributed by atoms with Crippen molar-refractivity contribution in [2.45, 2.75) is 16.8 Å². The summed E-state index contributed by atoms with van der Waals surface area (Å²) >= 11 is 1.55. The molecule has 0 saturated carbocycles. The zero-order valence-corrected chi connectivity index (χ0v) is 13.4. The first-order valence-corrected chi connectivity index (χ1v) is 8.26. The summed E-state index contributed by atoms with van der Waals surface area (Å²) in [4.78, 5) is 20.3. The van der Waals surface area contributed by atoms with Gasteiger partial charge in [0.15, 0.2) is 0 Å². The van der Waals surface area contributed by atoms with Gasteiger partial charge in [0.1, 0.15) is 5.03 Å². The molecule has 1 aliphatic heterocycles. The maximum Gasteiger partial charge on any atom is 0.256 e. The number of aryl methyl sites for hydroxylation is 1. The van der Waals surface area contributed by atoms with Gasteiger partial charge in [-0.1, -0.05) is 30.0 Å². The van der Waals surface area contributed by atoms with Crippen molar-refractivity contribution in [3.63, 3.8) is 0 Å². The Kier molecular flexibility index (Phi) is 4.75. The maximum atomic E-state index is 12.8. The third kappa shape index (κ3) is 3.48. The fourth-order valence-corrected chi connectivity index (χ4v) is 3.38. The topological polar surface area (TPSA) is 45.2 Å². The smallest absolute Gasteiger partial charge is 0.256 e. The van der Waals surface area contributed by atoms with Crippen molar-refractivity contribution in [1.82, 2.24) is 15.2 Å². The zero-order valence-electron chi connectivity index (χ0n) is 12.6. The molecule has 0 spiro atoms. The molecular weight excluding hydrogens is 294 g/mol.